The minimum absolute atomic E-state index is 0.111. The van der Waals surface area contributed by atoms with E-state index in [0.717, 1.165) is 25.9 Å². The van der Waals surface area contributed by atoms with E-state index in [1.165, 1.54) is 12.8 Å². The summed E-state index contributed by atoms with van der Waals surface area (Å²) < 4.78 is 5.12. The van der Waals surface area contributed by atoms with Crippen LogP contribution in [0.15, 0.2) is 0 Å². The van der Waals surface area contributed by atoms with Gasteiger partial charge in [-0.2, -0.15) is 0 Å². The fraction of sp³-hybridized carbons (Fsp3) is 0.900. The molecule has 1 heterocycles. The van der Waals surface area contributed by atoms with Crippen molar-refractivity contribution in [1.29, 1.82) is 0 Å². The van der Waals surface area contributed by atoms with E-state index in [-0.39, 0.29) is 12.5 Å². The van der Waals surface area contributed by atoms with E-state index in [4.69, 9.17) is 10.5 Å². The molecule has 0 radical (unpaired) electrons. The molecule has 1 aliphatic heterocycles. The van der Waals surface area contributed by atoms with Gasteiger partial charge < -0.3 is 15.4 Å². The van der Waals surface area contributed by atoms with Gasteiger partial charge in [0.15, 0.2) is 0 Å². The average molecular weight is 200 g/mol. The molecule has 0 aromatic heterocycles. The first-order valence-corrected chi connectivity index (χ1v) is 5.40. The van der Waals surface area contributed by atoms with E-state index < -0.39 is 0 Å². The molecule has 0 aromatic carbocycles. The number of ether oxygens (including phenoxy) is 1. The first-order valence-electron chi connectivity index (χ1n) is 5.40. The van der Waals surface area contributed by atoms with Crippen LogP contribution >= 0.6 is 0 Å². The molecule has 4 nitrogen and oxygen atoms in total. The molecule has 0 aliphatic carbocycles. The number of nitrogens with zero attached hydrogens (tertiary/aromatic N) is 1. The Morgan fingerprint density at radius 1 is 1.21 bits per heavy atom. The molecule has 14 heavy (non-hydrogen) atoms. The van der Waals surface area contributed by atoms with Gasteiger partial charge in [0.1, 0.15) is 6.61 Å². The van der Waals surface area contributed by atoms with Gasteiger partial charge >= 0.3 is 0 Å². The van der Waals surface area contributed by atoms with Crippen molar-refractivity contribution in [2.45, 2.75) is 25.7 Å². The molecule has 0 aromatic rings. The molecule has 0 unspecified atom stereocenters. The van der Waals surface area contributed by atoms with E-state index >= 15 is 0 Å². The Hall–Kier alpha value is -0.610. The zero-order valence-electron chi connectivity index (χ0n) is 8.71. The first kappa shape index (κ1) is 11.5. The summed E-state index contributed by atoms with van der Waals surface area (Å²) in [5.41, 5.74) is 5.27. The van der Waals surface area contributed by atoms with Crippen molar-refractivity contribution in [1.82, 2.24) is 4.90 Å². The predicted octanol–water partition coefficient (Wildman–Crippen LogP) is 0.364. The first-order chi connectivity index (χ1) is 6.84. The molecule has 0 bridgehead atoms. The Balaban J connectivity index is 2.20. The van der Waals surface area contributed by atoms with Crippen LogP contribution < -0.4 is 5.73 Å². The van der Waals surface area contributed by atoms with E-state index in [1.807, 2.05) is 4.90 Å². The highest BCUT2D eigenvalue weighted by Crippen LogP contribution is 2.09. The maximum atomic E-state index is 11.6. The molecule has 0 atom stereocenters. The summed E-state index contributed by atoms with van der Waals surface area (Å²) in [4.78, 5) is 13.5. The van der Waals surface area contributed by atoms with Crippen LogP contribution in [0.3, 0.4) is 0 Å². The molecule has 1 rings (SSSR count). The monoisotopic (exact) mass is 200 g/mol. The maximum Gasteiger partial charge on any atom is 0.248 e. The number of hydrogen-bond acceptors (Lipinski definition) is 3. The molecule has 1 fully saturated rings. The van der Waals surface area contributed by atoms with Gasteiger partial charge in [0.05, 0.1) is 6.61 Å². The minimum Gasteiger partial charge on any atom is -0.370 e. The highest BCUT2D eigenvalue weighted by Gasteiger charge is 2.14. The van der Waals surface area contributed by atoms with Gasteiger partial charge in [0, 0.05) is 19.6 Å². The summed E-state index contributed by atoms with van der Waals surface area (Å²) >= 11 is 0. The minimum atomic E-state index is 0.111. The van der Waals surface area contributed by atoms with E-state index in [0.29, 0.717) is 13.2 Å². The molecule has 0 saturated carbocycles. The molecule has 1 amide bonds. The SMILES string of the molecule is NCCOCC(=O)N1CCCCCC1. The second-order valence-electron chi connectivity index (χ2n) is 3.64. The third-order valence-corrected chi connectivity index (χ3v) is 2.45. The Morgan fingerprint density at radius 2 is 1.86 bits per heavy atom. The summed E-state index contributed by atoms with van der Waals surface area (Å²) in [6.07, 6.45) is 4.74. The van der Waals surface area contributed by atoms with Gasteiger partial charge in [-0.3, -0.25) is 4.79 Å². The lowest BCUT2D eigenvalue weighted by Crippen LogP contribution is -2.35. The summed E-state index contributed by atoms with van der Waals surface area (Å²) in [6.45, 7) is 2.93. The molecular formula is C10H20N2O2. The lowest BCUT2D eigenvalue weighted by Gasteiger charge is -2.19. The third-order valence-electron chi connectivity index (χ3n) is 2.45. The van der Waals surface area contributed by atoms with Crippen LogP contribution in [0.5, 0.6) is 0 Å². The Bertz CT molecular complexity index is 166. The zero-order chi connectivity index (χ0) is 10.2. The number of likely N-dealkylation sites (tertiary alicyclic amines) is 1. The lowest BCUT2D eigenvalue weighted by atomic mass is 10.2. The van der Waals surface area contributed by atoms with E-state index in [9.17, 15) is 4.79 Å². The molecular weight excluding hydrogens is 180 g/mol. The predicted molar refractivity (Wildman–Crippen MR) is 54.9 cm³/mol. The zero-order valence-corrected chi connectivity index (χ0v) is 8.71. The van der Waals surface area contributed by atoms with Crippen molar-refractivity contribution < 1.29 is 9.53 Å². The van der Waals surface area contributed by atoms with Crippen LogP contribution in [0.25, 0.3) is 0 Å². The quantitative estimate of drug-likeness (QED) is 0.667. The number of hydrogen-bond donors (Lipinski definition) is 1. The summed E-state index contributed by atoms with van der Waals surface area (Å²) in [6, 6.07) is 0. The highest BCUT2D eigenvalue weighted by molar-refractivity contribution is 5.77. The number of carbonyl (C=O) groups excluding carboxylic acids is 1. The van der Waals surface area contributed by atoms with Crippen molar-refractivity contribution in [3.05, 3.63) is 0 Å². The van der Waals surface area contributed by atoms with Gasteiger partial charge in [-0.05, 0) is 12.8 Å². The third kappa shape index (κ3) is 4.07. The summed E-state index contributed by atoms with van der Waals surface area (Å²) in [7, 11) is 0. The molecule has 0 spiro atoms. The van der Waals surface area contributed by atoms with E-state index in [2.05, 4.69) is 0 Å². The summed E-state index contributed by atoms with van der Waals surface area (Å²) in [5, 5.41) is 0. The number of nitrogens with two attached hydrogens (primary N) is 1. The van der Waals surface area contributed by atoms with Crippen molar-refractivity contribution in [2.24, 2.45) is 5.73 Å². The number of rotatable bonds is 4. The number of carbonyl (C=O) groups is 1. The fourth-order valence-corrected chi connectivity index (χ4v) is 1.65. The van der Waals surface area contributed by atoms with Crippen LogP contribution in [0.4, 0.5) is 0 Å². The van der Waals surface area contributed by atoms with Crippen molar-refractivity contribution in [3.63, 3.8) is 0 Å². The van der Waals surface area contributed by atoms with Crippen molar-refractivity contribution in [2.75, 3.05) is 32.8 Å². The molecule has 1 aliphatic rings. The van der Waals surface area contributed by atoms with Crippen molar-refractivity contribution in [3.8, 4) is 0 Å². The Morgan fingerprint density at radius 3 is 2.43 bits per heavy atom. The van der Waals surface area contributed by atoms with E-state index in [1.54, 1.807) is 0 Å². The molecule has 4 heteroatoms. The fourth-order valence-electron chi connectivity index (χ4n) is 1.65. The normalized spacial score (nSPS) is 17.9. The highest BCUT2D eigenvalue weighted by atomic mass is 16.5. The topological polar surface area (TPSA) is 55.6 Å². The van der Waals surface area contributed by atoms with Crippen LogP contribution in [0, 0.1) is 0 Å². The standard InChI is InChI=1S/C10H20N2O2/c11-5-8-14-9-10(13)12-6-3-1-2-4-7-12/h1-9,11H2. The smallest absolute Gasteiger partial charge is 0.248 e. The molecule has 2 N–H and O–H groups in total. The Kier molecular flexibility index (Phi) is 5.56. The lowest BCUT2D eigenvalue weighted by molar-refractivity contribution is -0.135. The summed E-state index contributed by atoms with van der Waals surface area (Å²) in [5.74, 6) is 0.111. The van der Waals surface area contributed by atoms with Gasteiger partial charge in [0.2, 0.25) is 5.91 Å². The largest absolute Gasteiger partial charge is 0.370 e. The Labute approximate surface area is 85.4 Å². The van der Waals surface area contributed by atoms with Crippen LogP contribution in [-0.4, -0.2) is 43.7 Å². The second-order valence-corrected chi connectivity index (χ2v) is 3.64. The van der Waals surface area contributed by atoms with Crippen LogP contribution in [-0.2, 0) is 9.53 Å². The van der Waals surface area contributed by atoms with Crippen LogP contribution in [0.2, 0.25) is 0 Å². The molecule has 1 saturated heterocycles. The second kappa shape index (κ2) is 6.79. The van der Waals surface area contributed by atoms with Gasteiger partial charge in [0.25, 0.3) is 0 Å². The molecule has 82 valence electrons. The van der Waals surface area contributed by atoms with Crippen LogP contribution in [0.1, 0.15) is 25.7 Å². The van der Waals surface area contributed by atoms with Gasteiger partial charge in [-0.25, -0.2) is 0 Å². The average Bonchev–Trinajstić information content (AvgIpc) is 2.46. The maximum absolute atomic E-state index is 11.6. The van der Waals surface area contributed by atoms with Gasteiger partial charge in [-0.15, -0.1) is 0 Å². The number of amides is 1. The van der Waals surface area contributed by atoms with Crippen molar-refractivity contribution >= 4 is 5.91 Å². The van der Waals surface area contributed by atoms with Gasteiger partial charge in [-0.1, -0.05) is 12.8 Å².